The van der Waals surface area contributed by atoms with Gasteiger partial charge in [0, 0.05) is 0 Å². The third-order valence-electron chi connectivity index (χ3n) is 3.96. The molecule has 0 aliphatic rings. The Bertz CT molecular complexity index is 196. The molecule has 0 aromatic carbocycles. The molecule has 0 aliphatic carbocycles. The van der Waals surface area contributed by atoms with Crippen LogP contribution in [0.15, 0.2) is 12.7 Å². The first-order valence-electron chi connectivity index (χ1n) is 8.45. The predicted molar refractivity (Wildman–Crippen MR) is 86.5 cm³/mol. The normalized spacial score (nSPS) is 14.3. The lowest BCUT2D eigenvalue weighted by Gasteiger charge is -2.22. The van der Waals surface area contributed by atoms with Crippen molar-refractivity contribution in [1.29, 1.82) is 0 Å². The lowest BCUT2D eigenvalue weighted by Crippen LogP contribution is -2.23. The van der Waals surface area contributed by atoms with E-state index in [-0.39, 0.29) is 0 Å². The lowest BCUT2D eigenvalue weighted by molar-refractivity contribution is 0.0403. The van der Waals surface area contributed by atoms with Gasteiger partial charge in [-0.3, -0.25) is 0 Å². The average molecular weight is 268 g/mol. The fourth-order valence-electron chi connectivity index (χ4n) is 2.53. The van der Waals surface area contributed by atoms with Crippen LogP contribution < -0.4 is 0 Å². The standard InChI is InChI=1S/C18H36O/c1-4-6-8-9-10-11-12-13-14-15-17-18(3,19)16-7-5-2/h5,19H,2,4,6-17H2,1,3H3. The molecule has 0 aromatic heterocycles. The van der Waals surface area contributed by atoms with Crippen molar-refractivity contribution in [2.75, 3.05) is 0 Å². The van der Waals surface area contributed by atoms with Crippen molar-refractivity contribution in [2.45, 2.75) is 103 Å². The molecule has 0 amide bonds. The van der Waals surface area contributed by atoms with E-state index in [2.05, 4.69) is 13.5 Å². The van der Waals surface area contributed by atoms with Crippen LogP contribution in [0.25, 0.3) is 0 Å². The van der Waals surface area contributed by atoms with Crippen LogP contribution in [0.3, 0.4) is 0 Å². The molecule has 1 atom stereocenters. The SMILES string of the molecule is C=CCCC(C)(O)CCCCCCCCCCCC. The van der Waals surface area contributed by atoms with Gasteiger partial charge in [0.15, 0.2) is 0 Å². The average Bonchev–Trinajstić information content (AvgIpc) is 2.38. The van der Waals surface area contributed by atoms with Crippen LogP contribution in [0.1, 0.15) is 97.3 Å². The van der Waals surface area contributed by atoms with Crippen molar-refractivity contribution in [1.82, 2.24) is 0 Å². The molecule has 0 saturated carbocycles. The van der Waals surface area contributed by atoms with E-state index in [1.807, 2.05) is 13.0 Å². The molecule has 0 saturated heterocycles. The summed E-state index contributed by atoms with van der Waals surface area (Å²) in [4.78, 5) is 0. The largest absolute Gasteiger partial charge is 0.390 e. The molecular formula is C18H36O. The zero-order valence-corrected chi connectivity index (χ0v) is 13.4. The minimum Gasteiger partial charge on any atom is -0.390 e. The smallest absolute Gasteiger partial charge is 0.0622 e. The highest BCUT2D eigenvalue weighted by atomic mass is 16.3. The Hall–Kier alpha value is -0.300. The van der Waals surface area contributed by atoms with Gasteiger partial charge in [0.1, 0.15) is 0 Å². The summed E-state index contributed by atoms with van der Waals surface area (Å²) in [5.41, 5.74) is -0.478. The van der Waals surface area contributed by atoms with E-state index in [1.165, 1.54) is 64.2 Å². The number of allylic oxidation sites excluding steroid dienone is 1. The molecule has 0 heterocycles. The molecule has 0 aromatic rings. The zero-order valence-electron chi connectivity index (χ0n) is 13.4. The second kappa shape index (κ2) is 12.7. The first-order chi connectivity index (χ1) is 9.12. The van der Waals surface area contributed by atoms with Gasteiger partial charge in [0.2, 0.25) is 0 Å². The molecular weight excluding hydrogens is 232 g/mol. The summed E-state index contributed by atoms with van der Waals surface area (Å²) in [5, 5.41) is 10.1. The van der Waals surface area contributed by atoms with Crippen LogP contribution in [0.5, 0.6) is 0 Å². The number of rotatable bonds is 14. The fourth-order valence-corrected chi connectivity index (χ4v) is 2.53. The molecule has 0 radical (unpaired) electrons. The Morgan fingerprint density at radius 1 is 0.842 bits per heavy atom. The van der Waals surface area contributed by atoms with E-state index >= 15 is 0 Å². The molecule has 114 valence electrons. The van der Waals surface area contributed by atoms with Gasteiger partial charge < -0.3 is 5.11 Å². The van der Waals surface area contributed by atoms with Gasteiger partial charge in [-0.25, -0.2) is 0 Å². The third kappa shape index (κ3) is 13.9. The van der Waals surface area contributed by atoms with Crippen molar-refractivity contribution in [3.63, 3.8) is 0 Å². The van der Waals surface area contributed by atoms with Gasteiger partial charge >= 0.3 is 0 Å². The van der Waals surface area contributed by atoms with E-state index < -0.39 is 5.60 Å². The highest BCUT2D eigenvalue weighted by Crippen LogP contribution is 2.21. The summed E-state index contributed by atoms with van der Waals surface area (Å²) in [6.07, 6.45) is 18.2. The van der Waals surface area contributed by atoms with Gasteiger partial charge in [0.25, 0.3) is 0 Å². The van der Waals surface area contributed by atoms with Crippen molar-refractivity contribution < 1.29 is 5.11 Å². The molecule has 0 rings (SSSR count). The van der Waals surface area contributed by atoms with Gasteiger partial charge in [-0.1, -0.05) is 77.2 Å². The maximum atomic E-state index is 10.1. The van der Waals surface area contributed by atoms with Crippen LogP contribution in [0.4, 0.5) is 0 Å². The Morgan fingerprint density at radius 3 is 1.79 bits per heavy atom. The van der Waals surface area contributed by atoms with E-state index in [4.69, 9.17) is 0 Å². The van der Waals surface area contributed by atoms with Gasteiger partial charge in [-0.05, 0) is 26.2 Å². The number of hydrogen-bond donors (Lipinski definition) is 1. The third-order valence-corrected chi connectivity index (χ3v) is 3.96. The van der Waals surface area contributed by atoms with E-state index in [9.17, 15) is 5.11 Å². The van der Waals surface area contributed by atoms with Crippen LogP contribution >= 0.6 is 0 Å². The maximum Gasteiger partial charge on any atom is 0.0622 e. The second-order valence-electron chi connectivity index (χ2n) is 6.26. The molecule has 0 bridgehead atoms. The molecule has 1 nitrogen and oxygen atoms in total. The Morgan fingerprint density at radius 2 is 1.32 bits per heavy atom. The molecule has 0 aliphatic heterocycles. The second-order valence-corrected chi connectivity index (χ2v) is 6.26. The Kier molecular flexibility index (Phi) is 12.5. The summed E-state index contributed by atoms with van der Waals surface area (Å²) in [5.74, 6) is 0. The molecule has 1 unspecified atom stereocenters. The van der Waals surface area contributed by atoms with Gasteiger partial charge in [0.05, 0.1) is 5.60 Å². The van der Waals surface area contributed by atoms with Gasteiger partial charge in [-0.15, -0.1) is 6.58 Å². The molecule has 19 heavy (non-hydrogen) atoms. The highest BCUT2D eigenvalue weighted by Gasteiger charge is 2.17. The quantitative estimate of drug-likeness (QED) is 0.302. The Labute approximate surface area is 121 Å². The number of aliphatic hydroxyl groups is 1. The maximum absolute atomic E-state index is 10.1. The highest BCUT2D eigenvalue weighted by molar-refractivity contribution is 4.77. The predicted octanol–water partition coefficient (Wildman–Crippen LogP) is 6.01. The first-order valence-corrected chi connectivity index (χ1v) is 8.45. The van der Waals surface area contributed by atoms with E-state index in [1.54, 1.807) is 0 Å². The Balaban J connectivity index is 3.23. The summed E-state index contributed by atoms with van der Waals surface area (Å²) in [6.45, 7) is 7.94. The number of hydrogen-bond acceptors (Lipinski definition) is 1. The summed E-state index contributed by atoms with van der Waals surface area (Å²) in [7, 11) is 0. The monoisotopic (exact) mass is 268 g/mol. The van der Waals surface area contributed by atoms with Crippen molar-refractivity contribution in [2.24, 2.45) is 0 Å². The fraction of sp³-hybridized carbons (Fsp3) is 0.889. The first kappa shape index (κ1) is 18.7. The topological polar surface area (TPSA) is 20.2 Å². The van der Waals surface area contributed by atoms with Crippen LogP contribution in [-0.2, 0) is 0 Å². The van der Waals surface area contributed by atoms with Crippen molar-refractivity contribution in [3.05, 3.63) is 12.7 Å². The lowest BCUT2D eigenvalue weighted by atomic mass is 9.93. The number of unbranched alkanes of at least 4 members (excludes halogenated alkanes) is 9. The summed E-state index contributed by atoms with van der Waals surface area (Å²) in [6, 6.07) is 0. The van der Waals surface area contributed by atoms with Crippen molar-refractivity contribution in [3.8, 4) is 0 Å². The molecule has 1 heteroatoms. The molecule has 0 spiro atoms. The van der Waals surface area contributed by atoms with Crippen LogP contribution in [0.2, 0.25) is 0 Å². The van der Waals surface area contributed by atoms with Crippen molar-refractivity contribution >= 4 is 0 Å². The van der Waals surface area contributed by atoms with Gasteiger partial charge in [-0.2, -0.15) is 0 Å². The molecule has 1 N–H and O–H groups in total. The minimum atomic E-state index is -0.478. The summed E-state index contributed by atoms with van der Waals surface area (Å²) >= 11 is 0. The summed E-state index contributed by atoms with van der Waals surface area (Å²) < 4.78 is 0. The zero-order chi connectivity index (χ0) is 14.4. The minimum absolute atomic E-state index is 0.478. The van der Waals surface area contributed by atoms with E-state index in [0.29, 0.717) is 0 Å². The molecule has 0 fully saturated rings. The van der Waals surface area contributed by atoms with Crippen LogP contribution in [-0.4, -0.2) is 10.7 Å². The van der Waals surface area contributed by atoms with E-state index in [0.717, 1.165) is 19.3 Å². The van der Waals surface area contributed by atoms with Crippen LogP contribution in [0, 0.1) is 0 Å².